The van der Waals surface area contributed by atoms with E-state index in [0.29, 0.717) is 6.04 Å². The summed E-state index contributed by atoms with van der Waals surface area (Å²) in [4.78, 5) is 17.8. The number of carbonyl (C=O) groups is 1. The van der Waals surface area contributed by atoms with Gasteiger partial charge < -0.3 is 9.88 Å². The summed E-state index contributed by atoms with van der Waals surface area (Å²) in [6.45, 7) is 2.09. The molecule has 1 unspecified atom stereocenters. The molecule has 26 heavy (non-hydrogen) atoms. The minimum absolute atomic E-state index is 0.171. The largest absolute Gasteiger partial charge is 0.317 e. The van der Waals surface area contributed by atoms with Crippen LogP contribution in [0.2, 0.25) is 0 Å². The van der Waals surface area contributed by atoms with E-state index in [2.05, 4.69) is 33.4 Å². The molecule has 0 radical (unpaired) electrons. The molecule has 3 fully saturated rings. The molecule has 2 N–H and O–H groups in total. The highest BCUT2D eigenvalue weighted by Gasteiger charge is 2.57. The van der Waals surface area contributed by atoms with Gasteiger partial charge in [-0.05, 0) is 62.7 Å². The van der Waals surface area contributed by atoms with E-state index < -0.39 is 0 Å². The predicted octanol–water partition coefficient (Wildman–Crippen LogP) is 3.87. The molecule has 1 aromatic heterocycles. The van der Waals surface area contributed by atoms with Crippen LogP contribution in [-0.2, 0) is 4.79 Å². The van der Waals surface area contributed by atoms with Crippen molar-refractivity contribution < 1.29 is 4.79 Å². The van der Waals surface area contributed by atoms with Crippen LogP contribution in [0.5, 0.6) is 0 Å². The molecule has 0 bridgehead atoms. The second-order valence-corrected chi connectivity index (χ2v) is 8.44. The number of para-hydroxylation sites is 2. The third-order valence-electron chi connectivity index (χ3n) is 6.88. The van der Waals surface area contributed by atoms with E-state index in [1.807, 2.05) is 6.07 Å². The van der Waals surface area contributed by atoms with Gasteiger partial charge in [-0.2, -0.15) is 0 Å². The molecule has 1 spiro atoms. The fraction of sp³-hybridized carbons (Fsp3) is 0.619. The minimum atomic E-state index is 0.171. The quantitative estimate of drug-likeness (QED) is 0.881. The average Bonchev–Trinajstić information content (AvgIpc) is 3.24. The summed E-state index contributed by atoms with van der Waals surface area (Å²) in [5, 5.41) is 6.63. The number of anilines is 1. The lowest BCUT2D eigenvalue weighted by atomic mass is 9.92. The van der Waals surface area contributed by atoms with Gasteiger partial charge in [0.1, 0.15) is 0 Å². The molecular formula is C21H28N4O. The highest BCUT2D eigenvalue weighted by atomic mass is 16.2. The lowest BCUT2D eigenvalue weighted by Gasteiger charge is -2.26. The van der Waals surface area contributed by atoms with Crippen LogP contribution < -0.4 is 10.6 Å². The monoisotopic (exact) mass is 352 g/mol. The van der Waals surface area contributed by atoms with Crippen molar-refractivity contribution in [1.82, 2.24) is 14.9 Å². The molecule has 1 aliphatic heterocycles. The van der Waals surface area contributed by atoms with Crippen LogP contribution in [0.1, 0.15) is 57.4 Å². The summed E-state index contributed by atoms with van der Waals surface area (Å²) in [7, 11) is 0. The molecule has 5 nitrogen and oxygen atoms in total. The Bertz CT molecular complexity index is 815. The molecule has 2 saturated carbocycles. The molecule has 1 atom stereocenters. The Morgan fingerprint density at radius 3 is 2.73 bits per heavy atom. The third-order valence-corrected chi connectivity index (χ3v) is 6.88. The number of imidazole rings is 1. The highest BCUT2D eigenvalue weighted by Crippen LogP contribution is 2.58. The van der Waals surface area contributed by atoms with Gasteiger partial charge in [0.15, 0.2) is 0 Å². The van der Waals surface area contributed by atoms with Crippen LogP contribution in [0.3, 0.4) is 0 Å². The van der Waals surface area contributed by atoms with Gasteiger partial charge in [-0.15, -0.1) is 0 Å². The van der Waals surface area contributed by atoms with E-state index in [0.717, 1.165) is 49.3 Å². The molecule has 2 aliphatic carbocycles. The SMILES string of the molecule is O=C(Nc1nc2ccccc2n1C1CCCCC1)C1CC12CCNCC2. The molecule has 2 heterocycles. The van der Waals surface area contributed by atoms with Crippen LogP contribution in [-0.4, -0.2) is 28.5 Å². The van der Waals surface area contributed by atoms with Gasteiger partial charge in [-0.25, -0.2) is 4.98 Å². The van der Waals surface area contributed by atoms with Gasteiger partial charge in [-0.3, -0.25) is 10.1 Å². The Morgan fingerprint density at radius 2 is 1.92 bits per heavy atom. The van der Waals surface area contributed by atoms with Crippen LogP contribution in [0.25, 0.3) is 11.0 Å². The van der Waals surface area contributed by atoms with Crippen LogP contribution >= 0.6 is 0 Å². The first-order valence-corrected chi connectivity index (χ1v) is 10.3. The predicted molar refractivity (Wildman–Crippen MR) is 103 cm³/mol. The Morgan fingerprint density at radius 1 is 1.15 bits per heavy atom. The molecule has 2 aromatic rings. The third kappa shape index (κ3) is 2.73. The lowest BCUT2D eigenvalue weighted by molar-refractivity contribution is -0.118. The molecule has 5 heteroatoms. The van der Waals surface area contributed by atoms with Gasteiger partial charge in [0.05, 0.1) is 11.0 Å². The number of benzene rings is 1. The van der Waals surface area contributed by atoms with Crippen LogP contribution in [0, 0.1) is 11.3 Å². The van der Waals surface area contributed by atoms with Crippen molar-refractivity contribution in [3.8, 4) is 0 Å². The van der Waals surface area contributed by atoms with Gasteiger partial charge >= 0.3 is 0 Å². The van der Waals surface area contributed by atoms with Crippen molar-refractivity contribution in [3.05, 3.63) is 24.3 Å². The highest BCUT2D eigenvalue weighted by molar-refractivity contribution is 5.95. The normalized spacial score (nSPS) is 25.5. The first kappa shape index (κ1) is 16.3. The van der Waals surface area contributed by atoms with Gasteiger partial charge in [-0.1, -0.05) is 31.4 Å². The Balaban J connectivity index is 1.42. The summed E-state index contributed by atoms with van der Waals surface area (Å²) < 4.78 is 2.31. The number of hydrogen-bond acceptors (Lipinski definition) is 3. The van der Waals surface area contributed by atoms with E-state index >= 15 is 0 Å². The first-order chi connectivity index (χ1) is 12.8. The van der Waals surface area contributed by atoms with Crippen LogP contribution in [0.4, 0.5) is 5.95 Å². The first-order valence-electron chi connectivity index (χ1n) is 10.3. The fourth-order valence-corrected chi connectivity index (χ4v) is 5.23. The smallest absolute Gasteiger partial charge is 0.230 e. The van der Waals surface area contributed by atoms with E-state index in [4.69, 9.17) is 4.98 Å². The van der Waals surface area contributed by atoms with Crippen molar-refractivity contribution in [3.63, 3.8) is 0 Å². The van der Waals surface area contributed by atoms with Gasteiger partial charge in [0.2, 0.25) is 11.9 Å². The topological polar surface area (TPSA) is 59.0 Å². The van der Waals surface area contributed by atoms with Gasteiger partial charge in [0, 0.05) is 12.0 Å². The van der Waals surface area contributed by atoms with E-state index in [9.17, 15) is 4.79 Å². The zero-order valence-corrected chi connectivity index (χ0v) is 15.3. The maximum Gasteiger partial charge on any atom is 0.230 e. The molecule has 3 aliphatic rings. The summed E-state index contributed by atoms with van der Waals surface area (Å²) in [6, 6.07) is 8.74. The van der Waals surface area contributed by atoms with Crippen molar-refractivity contribution in [2.75, 3.05) is 18.4 Å². The lowest BCUT2D eigenvalue weighted by Crippen LogP contribution is -2.32. The standard InChI is InChI=1S/C21H28N4O/c26-19(16-14-21(16)10-12-22-13-11-21)24-20-23-17-8-4-5-9-18(17)25(20)15-6-2-1-3-7-15/h4-5,8-9,15-16,22H,1-3,6-7,10-14H2,(H,23,24,26). The van der Waals surface area contributed by atoms with E-state index in [-0.39, 0.29) is 17.2 Å². The number of amides is 1. The molecule has 1 aromatic carbocycles. The second kappa shape index (κ2) is 6.38. The number of piperidine rings is 1. The fourth-order valence-electron chi connectivity index (χ4n) is 5.23. The maximum absolute atomic E-state index is 13.0. The van der Waals surface area contributed by atoms with Crippen molar-refractivity contribution in [2.45, 2.75) is 57.4 Å². The number of nitrogens with one attached hydrogen (secondary N) is 2. The summed E-state index contributed by atoms with van der Waals surface area (Å²) in [5.41, 5.74) is 2.40. The number of carbonyl (C=O) groups excluding carboxylic acids is 1. The van der Waals surface area contributed by atoms with Gasteiger partial charge in [0.25, 0.3) is 0 Å². The Kier molecular flexibility index (Phi) is 4.00. The number of hydrogen-bond donors (Lipinski definition) is 2. The van der Waals surface area contributed by atoms with Crippen molar-refractivity contribution in [1.29, 1.82) is 0 Å². The number of aromatic nitrogens is 2. The minimum Gasteiger partial charge on any atom is -0.317 e. The van der Waals surface area contributed by atoms with Crippen molar-refractivity contribution >= 4 is 22.9 Å². The summed E-state index contributed by atoms with van der Waals surface area (Å²) in [5.74, 6) is 1.11. The summed E-state index contributed by atoms with van der Waals surface area (Å²) >= 11 is 0. The zero-order chi connectivity index (χ0) is 17.6. The Hall–Kier alpha value is -1.88. The molecule has 1 saturated heterocycles. The zero-order valence-electron chi connectivity index (χ0n) is 15.3. The Labute approximate surface area is 154 Å². The molecular weight excluding hydrogens is 324 g/mol. The molecule has 138 valence electrons. The number of nitrogens with zero attached hydrogens (tertiary/aromatic N) is 2. The van der Waals surface area contributed by atoms with E-state index in [1.54, 1.807) is 0 Å². The number of rotatable bonds is 3. The van der Waals surface area contributed by atoms with Crippen molar-refractivity contribution in [2.24, 2.45) is 11.3 Å². The summed E-state index contributed by atoms with van der Waals surface area (Å²) in [6.07, 6.45) is 9.53. The molecule has 1 amide bonds. The number of fused-ring (bicyclic) bond motifs is 1. The average molecular weight is 352 g/mol. The maximum atomic E-state index is 13.0. The van der Waals surface area contributed by atoms with E-state index in [1.165, 1.54) is 32.1 Å². The molecule has 5 rings (SSSR count). The second-order valence-electron chi connectivity index (χ2n) is 8.44. The van der Waals surface area contributed by atoms with Crippen LogP contribution in [0.15, 0.2) is 24.3 Å².